The van der Waals surface area contributed by atoms with Gasteiger partial charge in [-0.1, -0.05) is 11.6 Å². The molecule has 0 bridgehead atoms. The SMILES string of the molecule is CC(C)OCc1cc(O)c(CC=O)cc1Cl. The number of rotatable bonds is 5. The lowest BCUT2D eigenvalue weighted by atomic mass is 10.1. The topological polar surface area (TPSA) is 46.5 Å². The highest BCUT2D eigenvalue weighted by Crippen LogP contribution is 2.27. The van der Waals surface area contributed by atoms with Crippen molar-refractivity contribution in [2.24, 2.45) is 0 Å². The first-order valence-corrected chi connectivity index (χ1v) is 5.48. The molecule has 1 aromatic rings. The van der Waals surface area contributed by atoms with E-state index in [0.717, 1.165) is 11.8 Å². The minimum atomic E-state index is 0.0823. The number of aromatic hydroxyl groups is 1. The van der Waals surface area contributed by atoms with Gasteiger partial charge in [-0.05, 0) is 26.0 Å². The summed E-state index contributed by atoms with van der Waals surface area (Å²) in [6.07, 6.45) is 1.000. The molecule has 0 saturated heterocycles. The number of hydrogen-bond acceptors (Lipinski definition) is 3. The Hall–Kier alpha value is -1.06. The maximum Gasteiger partial charge on any atom is 0.124 e. The van der Waals surface area contributed by atoms with Crippen LogP contribution in [0.25, 0.3) is 0 Å². The second kappa shape index (κ2) is 5.87. The molecule has 0 aliphatic carbocycles. The molecule has 3 nitrogen and oxygen atoms in total. The molecule has 0 unspecified atom stereocenters. The van der Waals surface area contributed by atoms with Crippen LogP contribution < -0.4 is 0 Å². The van der Waals surface area contributed by atoms with Crippen LogP contribution in [0.1, 0.15) is 25.0 Å². The fraction of sp³-hybridized carbons (Fsp3) is 0.417. The predicted octanol–water partition coefficient (Wildman–Crippen LogP) is 2.71. The zero-order chi connectivity index (χ0) is 12.1. The average molecular weight is 243 g/mol. The molecule has 0 aromatic heterocycles. The first-order valence-electron chi connectivity index (χ1n) is 5.10. The summed E-state index contributed by atoms with van der Waals surface area (Å²) >= 11 is 6.01. The van der Waals surface area contributed by atoms with Crippen LogP contribution in [-0.4, -0.2) is 17.5 Å². The number of carbonyl (C=O) groups is 1. The van der Waals surface area contributed by atoms with Crippen LogP contribution in [0, 0.1) is 0 Å². The third-order valence-electron chi connectivity index (χ3n) is 2.12. The van der Waals surface area contributed by atoms with E-state index in [9.17, 15) is 9.90 Å². The van der Waals surface area contributed by atoms with Crippen LogP contribution in [0.5, 0.6) is 5.75 Å². The van der Waals surface area contributed by atoms with Crippen molar-refractivity contribution in [2.45, 2.75) is 33.0 Å². The van der Waals surface area contributed by atoms with Gasteiger partial charge in [0.2, 0.25) is 0 Å². The van der Waals surface area contributed by atoms with E-state index in [0.29, 0.717) is 17.2 Å². The van der Waals surface area contributed by atoms with Crippen LogP contribution in [0.3, 0.4) is 0 Å². The van der Waals surface area contributed by atoms with Gasteiger partial charge in [-0.15, -0.1) is 0 Å². The molecule has 1 N–H and O–H groups in total. The summed E-state index contributed by atoms with van der Waals surface area (Å²) in [5.74, 6) is 0.0823. The van der Waals surface area contributed by atoms with Crippen LogP contribution in [0.2, 0.25) is 5.02 Å². The number of hydrogen-bond donors (Lipinski definition) is 1. The van der Waals surface area contributed by atoms with E-state index in [1.165, 1.54) is 0 Å². The van der Waals surface area contributed by atoms with Crippen LogP contribution >= 0.6 is 11.6 Å². The Bertz CT molecular complexity index is 375. The van der Waals surface area contributed by atoms with Crippen molar-refractivity contribution in [1.29, 1.82) is 0 Å². The van der Waals surface area contributed by atoms with Crippen molar-refractivity contribution in [2.75, 3.05) is 0 Å². The third-order valence-corrected chi connectivity index (χ3v) is 2.47. The van der Waals surface area contributed by atoms with Gasteiger partial charge in [0, 0.05) is 22.6 Å². The second-order valence-electron chi connectivity index (χ2n) is 3.80. The fourth-order valence-electron chi connectivity index (χ4n) is 1.27. The van der Waals surface area contributed by atoms with Crippen molar-refractivity contribution < 1.29 is 14.6 Å². The molecule has 1 rings (SSSR count). The quantitative estimate of drug-likeness (QED) is 0.808. The molecule has 1 aromatic carbocycles. The van der Waals surface area contributed by atoms with E-state index in [1.807, 2.05) is 13.8 Å². The smallest absolute Gasteiger partial charge is 0.124 e. The highest BCUT2D eigenvalue weighted by molar-refractivity contribution is 6.31. The van der Waals surface area contributed by atoms with Gasteiger partial charge >= 0.3 is 0 Å². The number of halogens is 1. The molecule has 4 heteroatoms. The number of carbonyl (C=O) groups excluding carboxylic acids is 1. The normalized spacial score (nSPS) is 10.8. The van der Waals surface area contributed by atoms with Gasteiger partial charge in [0.25, 0.3) is 0 Å². The Morgan fingerprint density at radius 2 is 2.12 bits per heavy atom. The number of benzene rings is 1. The molecule has 0 spiro atoms. The summed E-state index contributed by atoms with van der Waals surface area (Å²) in [5.41, 5.74) is 1.26. The molecular formula is C12H15ClO3. The lowest BCUT2D eigenvalue weighted by Crippen LogP contribution is -2.03. The molecule has 16 heavy (non-hydrogen) atoms. The monoisotopic (exact) mass is 242 g/mol. The summed E-state index contributed by atoms with van der Waals surface area (Å²) in [7, 11) is 0. The molecule has 0 aliphatic rings. The fourth-order valence-corrected chi connectivity index (χ4v) is 1.51. The molecule has 0 amide bonds. The zero-order valence-corrected chi connectivity index (χ0v) is 10.1. The van der Waals surface area contributed by atoms with E-state index in [2.05, 4.69) is 0 Å². The minimum Gasteiger partial charge on any atom is -0.508 e. The van der Waals surface area contributed by atoms with E-state index in [1.54, 1.807) is 12.1 Å². The van der Waals surface area contributed by atoms with Gasteiger partial charge in [-0.25, -0.2) is 0 Å². The van der Waals surface area contributed by atoms with Gasteiger partial charge in [-0.2, -0.15) is 0 Å². The van der Waals surface area contributed by atoms with Gasteiger partial charge in [0.1, 0.15) is 12.0 Å². The largest absolute Gasteiger partial charge is 0.508 e. The average Bonchev–Trinajstić information content (AvgIpc) is 2.21. The van der Waals surface area contributed by atoms with Crippen molar-refractivity contribution in [3.8, 4) is 5.75 Å². The number of aldehydes is 1. The molecule has 0 radical (unpaired) electrons. The van der Waals surface area contributed by atoms with Gasteiger partial charge in [0.05, 0.1) is 12.7 Å². The van der Waals surface area contributed by atoms with E-state index < -0.39 is 0 Å². The van der Waals surface area contributed by atoms with Crippen molar-refractivity contribution in [3.05, 3.63) is 28.3 Å². The molecule has 88 valence electrons. The number of phenols is 1. The van der Waals surface area contributed by atoms with Crippen molar-refractivity contribution in [3.63, 3.8) is 0 Å². The molecule has 0 fully saturated rings. The number of ether oxygens (including phenoxy) is 1. The Balaban J connectivity index is 2.87. The van der Waals surface area contributed by atoms with Gasteiger partial charge in [-0.3, -0.25) is 0 Å². The zero-order valence-electron chi connectivity index (χ0n) is 9.37. The van der Waals surface area contributed by atoms with Crippen molar-refractivity contribution in [1.82, 2.24) is 0 Å². The van der Waals surface area contributed by atoms with Crippen LogP contribution in [0.15, 0.2) is 12.1 Å². The van der Waals surface area contributed by atoms with Crippen molar-refractivity contribution >= 4 is 17.9 Å². The molecule has 0 atom stereocenters. The summed E-state index contributed by atoms with van der Waals surface area (Å²) < 4.78 is 5.40. The summed E-state index contributed by atoms with van der Waals surface area (Å²) in [4.78, 5) is 10.4. The van der Waals surface area contributed by atoms with Gasteiger partial charge in [0.15, 0.2) is 0 Å². The highest BCUT2D eigenvalue weighted by atomic mass is 35.5. The Morgan fingerprint density at radius 3 is 2.69 bits per heavy atom. The van der Waals surface area contributed by atoms with E-state index in [-0.39, 0.29) is 18.3 Å². The maximum absolute atomic E-state index is 10.4. The predicted molar refractivity (Wildman–Crippen MR) is 62.8 cm³/mol. The van der Waals surface area contributed by atoms with Crippen LogP contribution in [0.4, 0.5) is 0 Å². The molecular weight excluding hydrogens is 228 g/mol. The lowest BCUT2D eigenvalue weighted by Gasteiger charge is -2.11. The van der Waals surface area contributed by atoms with Gasteiger partial charge < -0.3 is 14.6 Å². The molecule has 0 saturated carbocycles. The van der Waals surface area contributed by atoms with Crippen LogP contribution in [-0.2, 0) is 22.6 Å². The Morgan fingerprint density at radius 1 is 1.44 bits per heavy atom. The minimum absolute atomic E-state index is 0.0823. The standard InChI is InChI=1S/C12H15ClO3/c1-8(2)16-7-10-6-12(15)9(3-4-14)5-11(10)13/h4-6,8,15H,3,7H2,1-2H3. The maximum atomic E-state index is 10.4. The second-order valence-corrected chi connectivity index (χ2v) is 4.21. The first-order chi connectivity index (χ1) is 7.54. The summed E-state index contributed by atoms with van der Waals surface area (Å²) in [5, 5.41) is 10.1. The van der Waals surface area contributed by atoms with E-state index in [4.69, 9.17) is 16.3 Å². The lowest BCUT2D eigenvalue weighted by molar-refractivity contribution is -0.107. The Labute approximate surface area is 100.0 Å². The first kappa shape index (κ1) is 13.0. The Kier molecular flexibility index (Phi) is 4.77. The third kappa shape index (κ3) is 3.51. The van der Waals surface area contributed by atoms with E-state index >= 15 is 0 Å². The molecule has 0 heterocycles. The molecule has 0 aliphatic heterocycles. The summed E-state index contributed by atoms with van der Waals surface area (Å²) in [6, 6.07) is 3.15. The highest BCUT2D eigenvalue weighted by Gasteiger charge is 2.08. The summed E-state index contributed by atoms with van der Waals surface area (Å²) in [6.45, 7) is 4.20. The number of phenolic OH excluding ortho intramolecular Hbond substituents is 1.